The lowest BCUT2D eigenvalue weighted by atomic mass is 10.1. The number of aryl methyl sites for hydroxylation is 2. The Morgan fingerprint density at radius 3 is 1.19 bits per heavy atom. The first kappa shape index (κ1) is 17.7. The van der Waals surface area contributed by atoms with Crippen molar-refractivity contribution in [1.29, 1.82) is 0 Å². The fraction of sp³-hybridized carbons (Fsp3) is 0.182. The van der Waals surface area contributed by atoms with E-state index in [4.69, 9.17) is 18.9 Å². The zero-order valence-electron chi connectivity index (χ0n) is 15.4. The van der Waals surface area contributed by atoms with Crippen molar-refractivity contribution in [3.05, 3.63) is 71.8 Å². The van der Waals surface area contributed by atoms with Gasteiger partial charge in [0.15, 0.2) is 23.0 Å². The van der Waals surface area contributed by atoms with E-state index in [1.165, 1.54) is 0 Å². The third-order valence-corrected chi connectivity index (χ3v) is 4.05. The lowest BCUT2D eigenvalue weighted by molar-refractivity contribution is 0.374. The van der Waals surface area contributed by atoms with Gasteiger partial charge in [-0.3, -0.25) is 0 Å². The van der Waals surface area contributed by atoms with Crippen LogP contribution in [0.15, 0.2) is 60.7 Å². The summed E-state index contributed by atoms with van der Waals surface area (Å²) in [4.78, 5) is 0. The summed E-state index contributed by atoms with van der Waals surface area (Å²) in [6.07, 6.45) is 0. The summed E-state index contributed by atoms with van der Waals surface area (Å²) in [5.74, 6) is 4.27. The van der Waals surface area contributed by atoms with Gasteiger partial charge < -0.3 is 18.9 Å². The van der Waals surface area contributed by atoms with Crippen LogP contribution in [0.1, 0.15) is 11.1 Å². The van der Waals surface area contributed by atoms with Crippen molar-refractivity contribution < 1.29 is 18.9 Å². The first-order valence-electron chi connectivity index (χ1n) is 8.35. The number of ether oxygens (including phenoxy) is 4. The highest BCUT2D eigenvalue weighted by Crippen LogP contribution is 2.38. The molecule has 0 bridgehead atoms. The highest BCUT2D eigenvalue weighted by atomic mass is 16.5. The van der Waals surface area contributed by atoms with Gasteiger partial charge in [0, 0.05) is 0 Å². The zero-order chi connectivity index (χ0) is 18.5. The van der Waals surface area contributed by atoms with Crippen molar-refractivity contribution in [3.8, 4) is 34.5 Å². The summed E-state index contributed by atoms with van der Waals surface area (Å²) in [5.41, 5.74) is 1.93. The standard InChI is InChI=1S/C22H22O4/c1-15-13-22(26-20-12-8-6-10-18(20)24-4)16(2)14-21(15)25-19-11-7-5-9-17(19)23-3/h5-14H,1-4H3. The zero-order valence-corrected chi connectivity index (χ0v) is 15.4. The third kappa shape index (κ3) is 3.75. The highest BCUT2D eigenvalue weighted by molar-refractivity contribution is 5.51. The first-order chi connectivity index (χ1) is 12.6. The second-order valence-electron chi connectivity index (χ2n) is 5.89. The Balaban J connectivity index is 1.89. The van der Waals surface area contributed by atoms with Gasteiger partial charge in [-0.1, -0.05) is 24.3 Å². The van der Waals surface area contributed by atoms with E-state index in [-0.39, 0.29) is 0 Å². The lowest BCUT2D eigenvalue weighted by Crippen LogP contribution is -1.95. The molecule has 0 atom stereocenters. The summed E-state index contributed by atoms with van der Waals surface area (Å²) in [6, 6.07) is 19.1. The van der Waals surface area contributed by atoms with E-state index in [1.54, 1.807) is 14.2 Å². The molecule has 0 radical (unpaired) electrons. The van der Waals surface area contributed by atoms with Crippen LogP contribution in [0.4, 0.5) is 0 Å². The molecule has 0 saturated carbocycles. The van der Waals surface area contributed by atoms with E-state index < -0.39 is 0 Å². The SMILES string of the molecule is COc1ccccc1Oc1cc(C)c(Oc2ccccc2OC)cc1C. The Bertz CT molecular complexity index is 827. The molecular weight excluding hydrogens is 328 g/mol. The molecule has 0 heterocycles. The summed E-state index contributed by atoms with van der Waals surface area (Å²) in [6.45, 7) is 3.97. The molecule has 0 aliphatic heterocycles. The number of hydrogen-bond donors (Lipinski definition) is 0. The minimum Gasteiger partial charge on any atom is -0.493 e. The molecule has 0 amide bonds. The molecule has 134 valence electrons. The fourth-order valence-electron chi connectivity index (χ4n) is 2.63. The van der Waals surface area contributed by atoms with Gasteiger partial charge in [-0.05, 0) is 61.4 Å². The Kier molecular flexibility index (Phi) is 5.32. The average Bonchev–Trinajstić information content (AvgIpc) is 2.66. The molecule has 0 saturated heterocycles. The van der Waals surface area contributed by atoms with Crippen molar-refractivity contribution in [3.63, 3.8) is 0 Å². The Labute approximate surface area is 153 Å². The number of methoxy groups -OCH3 is 2. The molecule has 0 aromatic heterocycles. The van der Waals surface area contributed by atoms with Gasteiger partial charge in [0.1, 0.15) is 11.5 Å². The van der Waals surface area contributed by atoms with Gasteiger partial charge in [-0.15, -0.1) is 0 Å². The molecule has 26 heavy (non-hydrogen) atoms. The maximum atomic E-state index is 6.06. The minimum atomic E-state index is 0.677. The van der Waals surface area contributed by atoms with Gasteiger partial charge in [0.2, 0.25) is 0 Å². The molecular formula is C22H22O4. The van der Waals surface area contributed by atoms with E-state index in [1.807, 2.05) is 74.5 Å². The predicted molar refractivity (Wildman–Crippen MR) is 102 cm³/mol. The number of para-hydroxylation sites is 4. The smallest absolute Gasteiger partial charge is 0.169 e. The molecule has 0 N–H and O–H groups in total. The molecule has 0 spiro atoms. The van der Waals surface area contributed by atoms with Crippen molar-refractivity contribution in [2.45, 2.75) is 13.8 Å². The van der Waals surface area contributed by atoms with Crippen LogP contribution < -0.4 is 18.9 Å². The van der Waals surface area contributed by atoms with Crippen molar-refractivity contribution in [2.75, 3.05) is 14.2 Å². The molecule has 3 aromatic carbocycles. The molecule has 0 unspecified atom stereocenters. The topological polar surface area (TPSA) is 36.9 Å². The molecule has 3 rings (SSSR count). The van der Waals surface area contributed by atoms with E-state index in [9.17, 15) is 0 Å². The van der Waals surface area contributed by atoms with E-state index in [2.05, 4.69) is 0 Å². The highest BCUT2D eigenvalue weighted by Gasteiger charge is 2.12. The number of hydrogen-bond acceptors (Lipinski definition) is 4. The molecule has 0 aliphatic carbocycles. The summed E-state index contributed by atoms with van der Waals surface area (Å²) < 4.78 is 22.8. The maximum Gasteiger partial charge on any atom is 0.169 e. The lowest BCUT2D eigenvalue weighted by Gasteiger charge is -2.16. The Hall–Kier alpha value is -3.14. The van der Waals surface area contributed by atoms with Crippen LogP contribution >= 0.6 is 0 Å². The van der Waals surface area contributed by atoms with Crippen molar-refractivity contribution in [2.24, 2.45) is 0 Å². The van der Waals surface area contributed by atoms with Gasteiger partial charge in [-0.2, -0.15) is 0 Å². The fourth-order valence-corrected chi connectivity index (χ4v) is 2.63. The van der Waals surface area contributed by atoms with Crippen LogP contribution in [-0.4, -0.2) is 14.2 Å². The Morgan fingerprint density at radius 1 is 0.500 bits per heavy atom. The van der Waals surface area contributed by atoms with Gasteiger partial charge in [-0.25, -0.2) is 0 Å². The van der Waals surface area contributed by atoms with E-state index >= 15 is 0 Å². The molecule has 0 aliphatic rings. The van der Waals surface area contributed by atoms with Crippen LogP contribution in [-0.2, 0) is 0 Å². The van der Waals surface area contributed by atoms with Crippen molar-refractivity contribution >= 4 is 0 Å². The largest absolute Gasteiger partial charge is 0.493 e. The summed E-state index contributed by atoms with van der Waals surface area (Å²) in [7, 11) is 3.26. The Morgan fingerprint density at radius 2 is 0.846 bits per heavy atom. The third-order valence-electron chi connectivity index (χ3n) is 4.05. The van der Waals surface area contributed by atoms with Gasteiger partial charge in [0.25, 0.3) is 0 Å². The van der Waals surface area contributed by atoms with E-state index in [0.717, 1.165) is 22.6 Å². The number of rotatable bonds is 6. The molecule has 4 nitrogen and oxygen atoms in total. The van der Waals surface area contributed by atoms with Crippen LogP contribution in [0, 0.1) is 13.8 Å². The quantitative estimate of drug-likeness (QED) is 0.554. The minimum absolute atomic E-state index is 0.677. The average molecular weight is 350 g/mol. The molecule has 3 aromatic rings. The van der Waals surface area contributed by atoms with Crippen LogP contribution in [0.2, 0.25) is 0 Å². The normalized spacial score (nSPS) is 10.3. The predicted octanol–water partition coefficient (Wildman–Crippen LogP) is 5.91. The van der Waals surface area contributed by atoms with E-state index in [0.29, 0.717) is 23.0 Å². The summed E-state index contributed by atoms with van der Waals surface area (Å²) >= 11 is 0. The molecule has 4 heteroatoms. The monoisotopic (exact) mass is 350 g/mol. The van der Waals surface area contributed by atoms with Gasteiger partial charge in [0.05, 0.1) is 14.2 Å². The second-order valence-corrected chi connectivity index (χ2v) is 5.89. The van der Waals surface area contributed by atoms with Crippen molar-refractivity contribution in [1.82, 2.24) is 0 Å². The van der Waals surface area contributed by atoms with Crippen LogP contribution in [0.25, 0.3) is 0 Å². The molecule has 0 fully saturated rings. The number of benzene rings is 3. The first-order valence-corrected chi connectivity index (χ1v) is 8.35. The van der Waals surface area contributed by atoms with Crippen LogP contribution in [0.5, 0.6) is 34.5 Å². The second kappa shape index (κ2) is 7.83. The summed E-state index contributed by atoms with van der Waals surface area (Å²) in [5, 5.41) is 0. The maximum absolute atomic E-state index is 6.06. The van der Waals surface area contributed by atoms with Crippen LogP contribution in [0.3, 0.4) is 0 Å². The van der Waals surface area contributed by atoms with Gasteiger partial charge >= 0.3 is 0 Å².